The Bertz CT molecular complexity index is 1280. The summed E-state index contributed by atoms with van der Waals surface area (Å²) >= 11 is 0. The van der Waals surface area contributed by atoms with Crippen LogP contribution in [-0.4, -0.2) is 58.3 Å². The van der Waals surface area contributed by atoms with Crippen molar-refractivity contribution in [3.63, 3.8) is 0 Å². The molecule has 8 nitrogen and oxygen atoms in total. The number of nitrogens with zero attached hydrogens (tertiary/aromatic N) is 4. The van der Waals surface area contributed by atoms with Gasteiger partial charge in [0.15, 0.2) is 0 Å². The van der Waals surface area contributed by atoms with Crippen LogP contribution in [0.15, 0.2) is 47.6 Å². The van der Waals surface area contributed by atoms with E-state index < -0.39 is 0 Å². The highest BCUT2D eigenvalue weighted by Crippen LogP contribution is 2.32. The molecule has 1 amide bonds. The van der Waals surface area contributed by atoms with Crippen molar-refractivity contribution < 1.29 is 9.53 Å². The Morgan fingerprint density at radius 1 is 1.16 bits per heavy atom. The number of allylic oxidation sites excluding steroid dienone is 1. The van der Waals surface area contributed by atoms with Crippen molar-refractivity contribution in [2.24, 2.45) is 16.8 Å². The summed E-state index contributed by atoms with van der Waals surface area (Å²) < 4.78 is 5.52. The number of rotatable bonds is 7. The number of aromatic amines is 1. The molecule has 2 aliphatic rings. The average molecular weight is 501 g/mol. The third-order valence-electron chi connectivity index (χ3n) is 7.45. The van der Waals surface area contributed by atoms with Gasteiger partial charge in [0.1, 0.15) is 5.69 Å². The maximum absolute atomic E-state index is 13.3. The molecule has 2 saturated heterocycles. The molecule has 2 aromatic heterocycles. The van der Waals surface area contributed by atoms with E-state index in [2.05, 4.69) is 32.2 Å². The summed E-state index contributed by atoms with van der Waals surface area (Å²) in [6.45, 7) is 7.39. The summed E-state index contributed by atoms with van der Waals surface area (Å²) in [5.41, 5.74) is 4.04. The molecule has 0 aliphatic carbocycles. The first kappa shape index (κ1) is 25.1. The zero-order valence-corrected chi connectivity index (χ0v) is 21.7. The molecule has 5 rings (SSSR count). The molecule has 0 bridgehead atoms. The van der Waals surface area contributed by atoms with E-state index in [0.717, 1.165) is 92.3 Å². The van der Waals surface area contributed by atoms with Gasteiger partial charge in [-0.1, -0.05) is 13.0 Å². The predicted molar refractivity (Wildman–Crippen MR) is 148 cm³/mol. The second kappa shape index (κ2) is 11.7. The molecule has 194 valence electrons. The van der Waals surface area contributed by atoms with Gasteiger partial charge in [-0.05, 0) is 81.2 Å². The van der Waals surface area contributed by atoms with Crippen LogP contribution in [0.5, 0.6) is 0 Å². The smallest absolute Gasteiger partial charge is 0.270 e. The minimum absolute atomic E-state index is 0.0823. The van der Waals surface area contributed by atoms with E-state index in [1.54, 1.807) is 12.4 Å². The minimum atomic E-state index is 0.0823. The Kier molecular flexibility index (Phi) is 7.94. The largest absolute Gasteiger partial charge is 0.381 e. The number of carbonyl (C=O) groups excluding carboxylic acids is 1. The first-order chi connectivity index (χ1) is 18.1. The van der Waals surface area contributed by atoms with Gasteiger partial charge in [-0.15, -0.1) is 0 Å². The third kappa shape index (κ3) is 5.91. The average Bonchev–Trinajstić information content (AvgIpc) is 3.37. The number of piperidine rings is 1. The quantitative estimate of drug-likeness (QED) is 0.399. The van der Waals surface area contributed by atoms with Gasteiger partial charge in [-0.3, -0.25) is 9.79 Å². The van der Waals surface area contributed by atoms with Gasteiger partial charge >= 0.3 is 0 Å². The van der Waals surface area contributed by atoms with E-state index in [0.29, 0.717) is 17.6 Å². The molecular formula is C29H36N6O2. The molecule has 37 heavy (non-hydrogen) atoms. The number of nitrogens with one attached hydrogen (secondary N) is 2. The maximum atomic E-state index is 13.3. The summed E-state index contributed by atoms with van der Waals surface area (Å²) in [5.74, 6) is 2.05. The summed E-state index contributed by atoms with van der Waals surface area (Å²) in [5, 5.41) is 4.27. The van der Waals surface area contributed by atoms with Gasteiger partial charge in [0.25, 0.3) is 5.91 Å². The second-order valence-corrected chi connectivity index (χ2v) is 9.84. The van der Waals surface area contributed by atoms with Crippen LogP contribution >= 0.6 is 0 Å². The summed E-state index contributed by atoms with van der Waals surface area (Å²) in [6.07, 6.45) is 10.9. The van der Waals surface area contributed by atoms with E-state index in [1.807, 2.05) is 48.2 Å². The van der Waals surface area contributed by atoms with Crippen molar-refractivity contribution in [3.8, 4) is 0 Å². The zero-order valence-electron chi connectivity index (χ0n) is 21.7. The van der Waals surface area contributed by atoms with E-state index in [9.17, 15) is 4.79 Å². The van der Waals surface area contributed by atoms with E-state index >= 15 is 0 Å². The lowest BCUT2D eigenvalue weighted by atomic mass is 9.80. The number of hydrogen-bond acceptors (Lipinski definition) is 6. The molecule has 4 heterocycles. The lowest BCUT2D eigenvalue weighted by Gasteiger charge is -2.37. The van der Waals surface area contributed by atoms with Crippen LogP contribution in [-0.2, 0) is 4.74 Å². The number of carbonyl (C=O) groups is 1. The van der Waals surface area contributed by atoms with Crippen molar-refractivity contribution in [2.45, 2.75) is 46.0 Å². The summed E-state index contributed by atoms with van der Waals surface area (Å²) in [4.78, 5) is 32.0. The number of aliphatic imine (C=N–C) groups is 1. The zero-order chi connectivity index (χ0) is 25.6. The van der Waals surface area contributed by atoms with Crippen molar-refractivity contribution in [3.05, 3.63) is 54.0 Å². The molecule has 1 aromatic carbocycles. The molecule has 2 N–H and O–H groups in total. The molecule has 0 atom stereocenters. The van der Waals surface area contributed by atoms with Crippen LogP contribution in [0.2, 0.25) is 0 Å². The van der Waals surface area contributed by atoms with E-state index in [4.69, 9.17) is 4.74 Å². The molecule has 0 radical (unpaired) electrons. The summed E-state index contributed by atoms with van der Waals surface area (Å²) in [7, 11) is 0. The minimum Gasteiger partial charge on any atom is -0.381 e. The van der Waals surface area contributed by atoms with Gasteiger partial charge in [0.05, 0.1) is 11.4 Å². The Hall–Kier alpha value is -3.52. The number of likely N-dealkylation sites (tertiary alicyclic amines) is 1. The first-order valence-corrected chi connectivity index (χ1v) is 13.4. The fourth-order valence-corrected chi connectivity index (χ4v) is 5.50. The van der Waals surface area contributed by atoms with Crippen LogP contribution < -0.4 is 5.32 Å². The van der Waals surface area contributed by atoms with Crippen LogP contribution in [0, 0.1) is 11.8 Å². The Morgan fingerprint density at radius 3 is 2.70 bits per heavy atom. The number of anilines is 2. The topological polar surface area (TPSA) is 95.5 Å². The van der Waals surface area contributed by atoms with Crippen LogP contribution in [0.4, 0.5) is 11.6 Å². The molecule has 0 unspecified atom stereocenters. The molecular weight excluding hydrogens is 464 g/mol. The number of amides is 1. The number of ether oxygens (including phenoxy) is 1. The molecule has 8 heteroatoms. The fourth-order valence-electron chi connectivity index (χ4n) is 5.50. The lowest BCUT2D eigenvalue weighted by Crippen LogP contribution is -2.41. The van der Waals surface area contributed by atoms with E-state index in [-0.39, 0.29) is 5.91 Å². The van der Waals surface area contributed by atoms with Gasteiger partial charge in [0.2, 0.25) is 5.95 Å². The van der Waals surface area contributed by atoms with Crippen LogP contribution in [0.25, 0.3) is 16.6 Å². The standard InChI is InChI=1S/C29H36N6O2/c1-3-5-25(30-4-2)26-8-13-31-29(34-26)32-23-6-7-24-22(18-23)19-27(33-24)28(36)35-14-9-20(10-15-35)21-11-16-37-17-12-21/h4-8,13,18-21,33H,3,9-12,14-17H2,1-2H3,(H,31,32,34)/b25-5-,30-4?. The highest BCUT2D eigenvalue weighted by molar-refractivity contribution is 5.98. The van der Waals surface area contributed by atoms with Gasteiger partial charge in [0, 0.05) is 55.3 Å². The van der Waals surface area contributed by atoms with Crippen molar-refractivity contribution in [1.82, 2.24) is 19.9 Å². The number of hydrogen-bond donors (Lipinski definition) is 2. The third-order valence-corrected chi connectivity index (χ3v) is 7.45. The number of fused-ring (bicyclic) bond motifs is 1. The number of aromatic nitrogens is 3. The van der Waals surface area contributed by atoms with Gasteiger partial charge in [-0.2, -0.15) is 0 Å². The number of benzene rings is 1. The van der Waals surface area contributed by atoms with Crippen molar-refractivity contribution >= 4 is 40.4 Å². The Morgan fingerprint density at radius 2 is 1.95 bits per heavy atom. The van der Waals surface area contributed by atoms with Gasteiger partial charge < -0.3 is 19.9 Å². The van der Waals surface area contributed by atoms with Crippen LogP contribution in [0.3, 0.4) is 0 Å². The molecule has 2 fully saturated rings. The van der Waals surface area contributed by atoms with Crippen molar-refractivity contribution in [2.75, 3.05) is 31.6 Å². The van der Waals surface area contributed by atoms with E-state index in [1.165, 1.54) is 0 Å². The molecule has 0 saturated carbocycles. The monoisotopic (exact) mass is 500 g/mol. The summed E-state index contributed by atoms with van der Waals surface area (Å²) in [6, 6.07) is 9.78. The second-order valence-electron chi connectivity index (χ2n) is 9.84. The lowest BCUT2D eigenvalue weighted by molar-refractivity contribution is 0.0287. The van der Waals surface area contributed by atoms with Gasteiger partial charge in [-0.25, -0.2) is 9.97 Å². The highest BCUT2D eigenvalue weighted by Gasteiger charge is 2.30. The van der Waals surface area contributed by atoms with Crippen LogP contribution in [0.1, 0.15) is 62.1 Å². The number of H-pyrrole nitrogens is 1. The first-order valence-electron chi connectivity index (χ1n) is 13.4. The van der Waals surface area contributed by atoms with Crippen molar-refractivity contribution in [1.29, 1.82) is 0 Å². The molecule has 2 aliphatic heterocycles. The highest BCUT2D eigenvalue weighted by atomic mass is 16.5. The fraction of sp³-hybridized carbons (Fsp3) is 0.448. The normalized spacial score (nSPS) is 18.1. The molecule has 0 spiro atoms. The SMILES string of the molecule is CC=N/C(=C\CC)c1ccnc(Nc2ccc3[nH]c(C(=O)N4CCC(C5CCOCC5)CC4)cc3c2)n1. The maximum Gasteiger partial charge on any atom is 0.270 e. The predicted octanol–water partition coefficient (Wildman–Crippen LogP) is 5.82. The Labute approximate surface area is 218 Å². The Balaban J connectivity index is 1.25. The molecule has 3 aromatic rings.